The van der Waals surface area contributed by atoms with Crippen LogP contribution in [0.3, 0.4) is 0 Å². The standard InChI is InChI=1S/C32H42N6O2/c1-32(2,3)31(39)36-13-9-28-27(20-36)30(34-38(28)24-10-14-40-15-11-24)37-12-5-6-22-16-25(23-18-33-35(4)19-23)26(17-29(22)37)21-7-8-21/h16-19,21,24H,5-15,20H2,1-4H3. The first-order valence-electron chi connectivity index (χ1n) is 15.2. The fourth-order valence-corrected chi connectivity index (χ4v) is 6.94. The molecule has 212 valence electrons. The van der Waals surface area contributed by atoms with Crippen LogP contribution in [0, 0.1) is 5.41 Å². The zero-order valence-electron chi connectivity index (χ0n) is 24.4. The number of carbonyl (C=O) groups excluding carboxylic acids is 1. The van der Waals surface area contributed by atoms with Gasteiger partial charge in [0.15, 0.2) is 5.82 Å². The van der Waals surface area contributed by atoms with E-state index >= 15 is 0 Å². The highest BCUT2D eigenvalue weighted by atomic mass is 16.5. The van der Waals surface area contributed by atoms with E-state index in [2.05, 4.69) is 37.9 Å². The molecule has 40 heavy (non-hydrogen) atoms. The zero-order chi connectivity index (χ0) is 27.6. The quantitative estimate of drug-likeness (QED) is 0.434. The van der Waals surface area contributed by atoms with Crippen LogP contribution in [0.5, 0.6) is 0 Å². The van der Waals surface area contributed by atoms with Crippen molar-refractivity contribution >= 4 is 17.4 Å². The fraction of sp³-hybridized carbons (Fsp3) is 0.594. The topological polar surface area (TPSA) is 68.4 Å². The second kappa shape index (κ2) is 9.75. The van der Waals surface area contributed by atoms with Gasteiger partial charge < -0.3 is 14.5 Å². The third-order valence-corrected chi connectivity index (χ3v) is 9.19. The average Bonchev–Trinajstić information content (AvgIpc) is 3.61. The second-order valence-electron chi connectivity index (χ2n) is 13.3. The fourth-order valence-electron chi connectivity index (χ4n) is 6.94. The van der Waals surface area contributed by atoms with Gasteiger partial charge in [0.25, 0.3) is 0 Å². The van der Waals surface area contributed by atoms with Crippen molar-refractivity contribution in [2.75, 3.05) is 31.2 Å². The maximum Gasteiger partial charge on any atom is 0.228 e. The molecule has 1 aromatic carbocycles. The van der Waals surface area contributed by atoms with E-state index < -0.39 is 5.41 Å². The molecular formula is C32H42N6O2. The van der Waals surface area contributed by atoms with Crippen LogP contribution in [0.4, 0.5) is 11.5 Å². The summed E-state index contributed by atoms with van der Waals surface area (Å²) in [6.07, 6.45) is 11.7. The van der Waals surface area contributed by atoms with Crippen LogP contribution in [0.15, 0.2) is 24.5 Å². The van der Waals surface area contributed by atoms with Crippen molar-refractivity contribution in [3.63, 3.8) is 0 Å². The van der Waals surface area contributed by atoms with Gasteiger partial charge in [-0.3, -0.25) is 14.2 Å². The van der Waals surface area contributed by atoms with Gasteiger partial charge in [0.2, 0.25) is 5.91 Å². The van der Waals surface area contributed by atoms with Crippen molar-refractivity contribution in [1.29, 1.82) is 0 Å². The lowest BCUT2D eigenvalue weighted by atomic mass is 9.90. The molecule has 1 saturated carbocycles. The maximum atomic E-state index is 13.4. The Morgan fingerprint density at radius 3 is 2.55 bits per heavy atom. The number of fused-ring (bicyclic) bond motifs is 2. The van der Waals surface area contributed by atoms with Crippen LogP contribution in [-0.4, -0.2) is 56.7 Å². The number of aromatic nitrogens is 4. The first-order chi connectivity index (χ1) is 19.3. The van der Waals surface area contributed by atoms with Crippen molar-refractivity contribution in [3.05, 3.63) is 46.9 Å². The summed E-state index contributed by atoms with van der Waals surface area (Å²) >= 11 is 0. The van der Waals surface area contributed by atoms with Gasteiger partial charge in [0.1, 0.15) is 0 Å². The molecule has 1 aliphatic carbocycles. The Morgan fingerprint density at radius 2 is 1.85 bits per heavy atom. The van der Waals surface area contributed by atoms with E-state index in [1.807, 2.05) is 38.7 Å². The van der Waals surface area contributed by atoms with Crippen LogP contribution in [0.2, 0.25) is 0 Å². The Labute approximate surface area is 237 Å². The number of nitrogens with zero attached hydrogens (tertiary/aromatic N) is 6. The van der Waals surface area contributed by atoms with Crippen molar-refractivity contribution in [3.8, 4) is 11.1 Å². The number of carbonyl (C=O) groups is 1. The van der Waals surface area contributed by atoms with Gasteiger partial charge in [0.05, 0.1) is 18.8 Å². The summed E-state index contributed by atoms with van der Waals surface area (Å²) in [5.74, 6) is 1.90. The number of amides is 1. The number of aryl methyl sites for hydroxylation is 2. The second-order valence-corrected chi connectivity index (χ2v) is 13.3. The highest BCUT2D eigenvalue weighted by Crippen LogP contribution is 2.49. The van der Waals surface area contributed by atoms with Gasteiger partial charge in [-0.2, -0.15) is 10.2 Å². The summed E-state index contributed by atoms with van der Waals surface area (Å²) in [5.41, 5.74) is 8.86. The first kappa shape index (κ1) is 25.8. The predicted octanol–water partition coefficient (Wildman–Crippen LogP) is 5.53. The van der Waals surface area contributed by atoms with E-state index in [0.717, 1.165) is 64.2 Å². The molecule has 4 aliphatic rings. The summed E-state index contributed by atoms with van der Waals surface area (Å²) < 4.78 is 9.93. The SMILES string of the molecule is Cn1cc(-c2cc3c(cc2C2CC2)N(c2nn(C4CCOCC4)c4c2CN(C(=O)C(C)(C)C)CC4)CCC3)cn1. The molecule has 3 aromatic rings. The first-order valence-corrected chi connectivity index (χ1v) is 15.2. The third-order valence-electron chi connectivity index (χ3n) is 9.19. The van der Waals surface area contributed by atoms with Crippen molar-refractivity contribution in [1.82, 2.24) is 24.5 Å². The Balaban J connectivity index is 1.33. The molecule has 8 heteroatoms. The van der Waals surface area contributed by atoms with E-state index in [1.54, 1.807) is 0 Å². The van der Waals surface area contributed by atoms with E-state index in [-0.39, 0.29) is 5.91 Å². The number of rotatable bonds is 4. The van der Waals surface area contributed by atoms with Gasteiger partial charge in [-0.05, 0) is 73.3 Å². The molecule has 0 N–H and O–H groups in total. The molecule has 0 spiro atoms. The minimum atomic E-state index is -0.395. The molecule has 1 amide bonds. The van der Waals surface area contributed by atoms with Crippen molar-refractivity contribution in [2.24, 2.45) is 12.5 Å². The maximum absolute atomic E-state index is 13.4. The number of benzene rings is 1. The van der Waals surface area contributed by atoms with Crippen LogP contribution < -0.4 is 4.90 Å². The van der Waals surface area contributed by atoms with Crippen LogP contribution in [0.1, 0.15) is 87.2 Å². The smallest absolute Gasteiger partial charge is 0.228 e. The third kappa shape index (κ3) is 4.54. The summed E-state index contributed by atoms with van der Waals surface area (Å²) in [4.78, 5) is 17.9. The van der Waals surface area contributed by atoms with Crippen molar-refractivity contribution < 1.29 is 9.53 Å². The number of hydrogen-bond donors (Lipinski definition) is 0. The molecule has 3 aliphatic heterocycles. The monoisotopic (exact) mass is 542 g/mol. The van der Waals surface area contributed by atoms with E-state index in [4.69, 9.17) is 9.84 Å². The molecule has 2 fully saturated rings. The van der Waals surface area contributed by atoms with Crippen molar-refractivity contribution in [2.45, 2.75) is 84.2 Å². The molecular weight excluding hydrogens is 500 g/mol. The van der Waals surface area contributed by atoms with Gasteiger partial charge in [-0.25, -0.2) is 0 Å². The van der Waals surface area contributed by atoms with E-state index in [1.165, 1.54) is 52.0 Å². The van der Waals surface area contributed by atoms with E-state index in [0.29, 0.717) is 18.5 Å². The summed E-state index contributed by atoms with van der Waals surface area (Å²) in [6.45, 7) is 10.0. The lowest BCUT2D eigenvalue weighted by Crippen LogP contribution is -2.43. The lowest BCUT2D eigenvalue weighted by Gasteiger charge is -2.35. The largest absolute Gasteiger partial charge is 0.381 e. The molecule has 7 rings (SSSR count). The number of anilines is 2. The Kier molecular flexibility index (Phi) is 6.29. The van der Waals surface area contributed by atoms with Crippen LogP contribution in [0.25, 0.3) is 11.1 Å². The van der Waals surface area contributed by atoms with Gasteiger partial charge in [-0.15, -0.1) is 0 Å². The Hall–Kier alpha value is -3.13. The zero-order valence-corrected chi connectivity index (χ0v) is 24.4. The molecule has 0 radical (unpaired) electrons. The van der Waals surface area contributed by atoms with E-state index in [9.17, 15) is 4.79 Å². The summed E-state index contributed by atoms with van der Waals surface area (Å²) in [5, 5.41) is 9.88. The normalized spacial score (nSPS) is 20.0. The average molecular weight is 543 g/mol. The van der Waals surface area contributed by atoms with Gasteiger partial charge in [-0.1, -0.05) is 20.8 Å². The molecule has 0 bridgehead atoms. The highest BCUT2D eigenvalue weighted by molar-refractivity contribution is 5.82. The highest BCUT2D eigenvalue weighted by Gasteiger charge is 2.37. The molecule has 1 saturated heterocycles. The Morgan fingerprint density at radius 1 is 1.05 bits per heavy atom. The molecule has 5 heterocycles. The minimum Gasteiger partial charge on any atom is -0.381 e. The molecule has 0 unspecified atom stereocenters. The van der Waals surface area contributed by atoms with Gasteiger partial charge >= 0.3 is 0 Å². The molecule has 2 aromatic heterocycles. The summed E-state index contributed by atoms with van der Waals surface area (Å²) in [6, 6.07) is 5.26. The van der Waals surface area contributed by atoms with Crippen LogP contribution in [-0.2, 0) is 36.0 Å². The number of ether oxygens (including phenoxy) is 1. The minimum absolute atomic E-state index is 0.221. The molecule has 0 atom stereocenters. The Bertz CT molecular complexity index is 1440. The molecule has 8 nitrogen and oxygen atoms in total. The van der Waals surface area contributed by atoms with Gasteiger partial charge in [0, 0.05) is 73.9 Å². The number of hydrogen-bond acceptors (Lipinski definition) is 5. The predicted molar refractivity (Wildman–Crippen MR) is 156 cm³/mol. The van der Waals surface area contributed by atoms with Crippen LogP contribution >= 0.6 is 0 Å². The lowest BCUT2D eigenvalue weighted by molar-refractivity contribution is -0.140. The summed E-state index contributed by atoms with van der Waals surface area (Å²) in [7, 11) is 1.99.